The van der Waals surface area contributed by atoms with Gasteiger partial charge in [-0.05, 0) is 30.4 Å². The van der Waals surface area contributed by atoms with Gasteiger partial charge in [0, 0.05) is 6.54 Å². The predicted octanol–water partition coefficient (Wildman–Crippen LogP) is 2.22. The van der Waals surface area contributed by atoms with Crippen molar-refractivity contribution in [3.05, 3.63) is 34.2 Å². The molecule has 5 heteroatoms. The number of aromatic nitrogens is 2. The molecule has 19 heavy (non-hydrogen) atoms. The third-order valence-corrected chi connectivity index (χ3v) is 4.14. The second kappa shape index (κ2) is 3.98. The molecule has 0 aliphatic heterocycles. The van der Waals surface area contributed by atoms with Gasteiger partial charge in [0.05, 0.1) is 16.6 Å². The van der Waals surface area contributed by atoms with Crippen LogP contribution < -0.4 is 5.69 Å². The standard InChI is InChI=1S/C14H16N2O3/c1-14(6-3-7-14)8-16-10-5-2-4-9(12(17)18)11(10)15-13(16)19/h2,4-5H,3,6-8H2,1H3,(H,15,19)(H,17,18). The zero-order valence-corrected chi connectivity index (χ0v) is 10.8. The van der Waals surface area contributed by atoms with Crippen molar-refractivity contribution < 1.29 is 9.90 Å². The lowest BCUT2D eigenvalue weighted by Gasteiger charge is -2.38. The quantitative estimate of drug-likeness (QED) is 0.888. The highest BCUT2D eigenvalue weighted by Gasteiger charge is 2.33. The SMILES string of the molecule is CC1(Cn2c(=O)[nH]c3c(C(=O)O)cccc32)CCC1. The molecular weight excluding hydrogens is 244 g/mol. The number of carboxylic acids is 1. The molecule has 1 aromatic carbocycles. The molecule has 100 valence electrons. The highest BCUT2D eigenvalue weighted by atomic mass is 16.4. The first kappa shape index (κ1) is 12.0. The molecule has 1 fully saturated rings. The maximum absolute atomic E-state index is 12.0. The highest BCUT2D eigenvalue weighted by molar-refractivity contribution is 6.00. The van der Waals surface area contributed by atoms with E-state index in [1.54, 1.807) is 16.7 Å². The summed E-state index contributed by atoms with van der Waals surface area (Å²) >= 11 is 0. The Morgan fingerprint density at radius 1 is 1.47 bits per heavy atom. The Labute approximate surface area is 109 Å². The van der Waals surface area contributed by atoms with Crippen LogP contribution in [0.5, 0.6) is 0 Å². The van der Waals surface area contributed by atoms with E-state index in [0.717, 1.165) is 12.8 Å². The molecule has 1 aliphatic carbocycles. The van der Waals surface area contributed by atoms with Crippen LogP contribution in [-0.4, -0.2) is 20.6 Å². The number of H-pyrrole nitrogens is 1. The van der Waals surface area contributed by atoms with Crippen molar-refractivity contribution in [1.82, 2.24) is 9.55 Å². The van der Waals surface area contributed by atoms with E-state index in [2.05, 4.69) is 11.9 Å². The fraction of sp³-hybridized carbons (Fsp3) is 0.429. The van der Waals surface area contributed by atoms with Gasteiger partial charge in [0.2, 0.25) is 0 Å². The summed E-state index contributed by atoms with van der Waals surface area (Å²) in [6.07, 6.45) is 3.43. The summed E-state index contributed by atoms with van der Waals surface area (Å²) in [4.78, 5) is 25.9. The molecule has 0 bridgehead atoms. The molecule has 2 aromatic rings. The number of nitrogens with zero attached hydrogens (tertiary/aromatic N) is 1. The molecule has 0 radical (unpaired) electrons. The number of carboxylic acid groups (broad SMARTS) is 1. The summed E-state index contributed by atoms with van der Waals surface area (Å²) in [5, 5.41) is 9.14. The fourth-order valence-corrected chi connectivity index (χ4v) is 2.84. The van der Waals surface area contributed by atoms with E-state index < -0.39 is 5.97 Å². The van der Waals surface area contributed by atoms with Gasteiger partial charge in [0.1, 0.15) is 0 Å². The Balaban J connectivity index is 2.15. The molecule has 1 heterocycles. The number of hydrogen-bond donors (Lipinski definition) is 2. The lowest BCUT2D eigenvalue weighted by atomic mass is 9.70. The van der Waals surface area contributed by atoms with Crippen LogP contribution in [0.4, 0.5) is 0 Å². The van der Waals surface area contributed by atoms with E-state index in [-0.39, 0.29) is 16.7 Å². The number of aromatic amines is 1. The number of carbonyl (C=O) groups is 1. The Bertz CT molecular complexity index is 707. The Morgan fingerprint density at radius 2 is 2.21 bits per heavy atom. The minimum atomic E-state index is -1.02. The monoisotopic (exact) mass is 260 g/mol. The van der Waals surface area contributed by atoms with Gasteiger partial charge >= 0.3 is 11.7 Å². The van der Waals surface area contributed by atoms with E-state index >= 15 is 0 Å². The highest BCUT2D eigenvalue weighted by Crippen LogP contribution is 2.41. The molecule has 2 N–H and O–H groups in total. The lowest BCUT2D eigenvalue weighted by molar-refractivity contribution is 0.0699. The molecule has 0 atom stereocenters. The van der Waals surface area contributed by atoms with Crippen molar-refractivity contribution in [3.63, 3.8) is 0 Å². The van der Waals surface area contributed by atoms with Gasteiger partial charge in [-0.15, -0.1) is 0 Å². The summed E-state index contributed by atoms with van der Waals surface area (Å²) < 4.78 is 1.67. The summed E-state index contributed by atoms with van der Waals surface area (Å²) in [5.41, 5.74) is 1.18. The first-order chi connectivity index (χ1) is 9.00. The molecule has 1 aliphatic rings. The van der Waals surface area contributed by atoms with Gasteiger partial charge in [0.25, 0.3) is 0 Å². The van der Waals surface area contributed by atoms with Gasteiger partial charge in [-0.1, -0.05) is 19.4 Å². The number of para-hydroxylation sites is 1. The zero-order valence-electron chi connectivity index (χ0n) is 10.8. The van der Waals surface area contributed by atoms with E-state index in [9.17, 15) is 9.59 Å². The predicted molar refractivity (Wildman–Crippen MR) is 71.5 cm³/mol. The zero-order chi connectivity index (χ0) is 13.6. The van der Waals surface area contributed by atoms with Gasteiger partial charge in [0.15, 0.2) is 0 Å². The number of fused-ring (bicyclic) bond motifs is 1. The van der Waals surface area contributed by atoms with Crippen molar-refractivity contribution in [2.24, 2.45) is 5.41 Å². The number of imidazole rings is 1. The minimum Gasteiger partial charge on any atom is -0.478 e. The van der Waals surface area contributed by atoms with Gasteiger partial charge in [-0.25, -0.2) is 9.59 Å². The molecule has 0 amide bonds. The number of benzene rings is 1. The van der Waals surface area contributed by atoms with Crippen LogP contribution in [0.2, 0.25) is 0 Å². The third-order valence-electron chi connectivity index (χ3n) is 4.14. The lowest BCUT2D eigenvalue weighted by Crippen LogP contribution is -2.34. The first-order valence-corrected chi connectivity index (χ1v) is 6.45. The number of aromatic carboxylic acids is 1. The van der Waals surface area contributed by atoms with Crippen LogP contribution in [0.3, 0.4) is 0 Å². The van der Waals surface area contributed by atoms with Crippen LogP contribution in [0.15, 0.2) is 23.0 Å². The maximum atomic E-state index is 12.0. The first-order valence-electron chi connectivity index (χ1n) is 6.45. The normalized spacial score (nSPS) is 17.3. The smallest absolute Gasteiger partial charge is 0.337 e. The summed E-state index contributed by atoms with van der Waals surface area (Å²) in [5.74, 6) is -1.02. The Morgan fingerprint density at radius 3 is 2.79 bits per heavy atom. The molecule has 5 nitrogen and oxygen atoms in total. The fourth-order valence-electron chi connectivity index (χ4n) is 2.84. The largest absolute Gasteiger partial charge is 0.478 e. The topological polar surface area (TPSA) is 75.1 Å². The maximum Gasteiger partial charge on any atom is 0.337 e. The number of hydrogen-bond acceptors (Lipinski definition) is 2. The third kappa shape index (κ3) is 1.85. The molecular formula is C14H16N2O3. The van der Waals surface area contributed by atoms with E-state index in [4.69, 9.17) is 5.11 Å². The Hall–Kier alpha value is -2.04. The molecule has 1 aromatic heterocycles. The van der Waals surface area contributed by atoms with Gasteiger partial charge in [-0.2, -0.15) is 0 Å². The van der Waals surface area contributed by atoms with Gasteiger partial charge in [-0.3, -0.25) is 4.57 Å². The van der Waals surface area contributed by atoms with Crippen LogP contribution in [0.25, 0.3) is 11.0 Å². The molecule has 0 unspecified atom stereocenters. The second-order valence-electron chi connectivity index (χ2n) is 5.69. The Kier molecular flexibility index (Phi) is 2.52. The van der Waals surface area contributed by atoms with Crippen LogP contribution in [-0.2, 0) is 6.54 Å². The molecule has 1 saturated carbocycles. The molecule has 0 saturated heterocycles. The number of nitrogens with one attached hydrogen (secondary N) is 1. The van der Waals surface area contributed by atoms with Crippen LogP contribution >= 0.6 is 0 Å². The summed E-state index contributed by atoms with van der Waals surface area (Å²) in [6.45, 7) is 2.82. The number of rotatable bonds is 3. The average Bonchev–Trinajstić information content (AvgIpc) is 2.63. The van der Waals surface area contributed by atoms with Gasteiger partial charge < -0.3 is 10.1 Å². The summed E-state index contributed by atoms with van der Waals surface area (Å²) in [6, 6.07) is 4.98. The van der Waals surface area contributed by atoms with Crippen molar-refractivity contribution in [1.29, 1.82) is 0 Å². The summed E-state index contributed by atoms with van der Waals surface area (Å²) in [7, 11) is 0. The van der Waals surface area contributed by atoms with Crippen LogP contribution in [0.1, 0.15) is 36.5 Å². The minimum absolute atomic E-state index is 0.145. The van der Waals surface area contributed by atoms with E-state index in [1.807, 2.05) is 0 Å². The van der Waals surface area contributed by atoms with E-state index in [1.165, 1.54) is 12.5 Å². The molecule has 0 spiro atoms. The van der Waals surface area contributed by atoms with E-state index in [0.29, 0.717) is 17.6 Å². The van der Waals surface area contributed by atoms with Crippen molar-refractivity contribution in [2.75, 3.05) is 0 Å². The average molecular weight is 260 g/mol. The van der Waals surface area contributed by atoms with Crippen molar-refractivity contribution in [3.8, 4) is 0 Å². The van der Waals surface area contributed by atoms with Crippen molar-refractivity contribution >= 4 is 17.0 Å². The van der Waals surface area contributed by atoms with Crippen molar-refractivity contribution in [2.45, 2.75) is 32.7 Å². The van der Waals surface area contributed by atoms with Crippen LogP contribution in [0, 0.1) is 5.41 Å². The molecule has 3 rings (SSSR count). The second-order valence-corrected chi connectivity index (χ2v) is 5.69.